The number of carbonyl (C=O) groups is 1. The van der Waals surface area contributed by atoms with Crippen molar-refractivity contribution in [3.8, 4) is 5.75 Å². The second-order valence-corrected chi connectivity index (χ2v) is 7.82. The number of benzene rings is 2. The predicted octanol–water partition coefficient (Wildman–Crippen LogP) is 4.66. The largest absolute Gasteiger partial charge is 0.497 e. The summed E-state index contributed by atoms with van der Waals surface area (Å²) in [5.74, 6) is 0.781. The van der Waals surface area contributed by atoms with Crippen LogP contribution in [0.3, 0.4) is 0 Å². The number of ether oxygens (including phenoxy) is 1. The molecular formula is C24H27N3O2S. The molecule has 0 aliphatic rings. The van der Waals surface area contributed by atoms with E-state index in [9.17, 15) is 4.79 Å². The summed E-state index contributed by atoms with van der Waals surface area (Å²) in [6.45, 7) is 3.96. The number of hydrogen-bond acceptors (Lipinski definition) is 5. The average Bonchev–Trinajstić information content (AvgIpc) is 2.77. The van der Waals surface area contributed by atoms with Crippen molar-refractivity contribution in [1.82, 2.24) is 15.3 Å². The number of rotatable bonds is 8. The third kappa shape index (κ3) is 5.39. The molecule has 0 aliphatic carbocycles. The molecule has 1 N–H and O–H groups in total. The van der Waals surface area contributed by atoms with Crippen LogP contribution in [0, 0.1) is 13.8 Å². The molecule has 1 atom stereocenters. The maximum atomic E-state index is 12.9. The lowest BCUT2D eigenvalue weighted by molar-refractivity contribution is -0.121. The highest BCUT2D eigenvalue weighted by atomic mass is 32.2. The van der Waals surface area contributed by atoms with E-state index in [1.54, 1.807) is 7.11 Å². The minimum atomic E-state index is -0.220. The number of thioether (sulfide) groups is 1. The molecule has 156 valence electrons. The maximum absolute atomic E-state index is 12.9. The first kappa shape index (κ1) is 21.8. The lowest BCUT2D eigenvalue weighted by Gasteiger charge is -2.20. The molecule has 5 nitrogen and oxygen atoms in total. The third-order valence-electron chi connectivity index (χ3n) is 5.07. The fourth-order valence-corrected chi connectivity index (χ4v) is 3.89. The highest BCUT2D eigenvalue weighted by Crippen LogP contribution is 2.24. The first-order chi connectivity index (χ1) is 14.5. The second kappa shape index (κ2) is 10.3. The van der Waals surface area contributed by atoms with Gasteiger partial charge in [0, 0.05) is 17.8 Å². The lowest BCUT2D eigenvalue weighted by Crippen LogP contribution is -2.29. The van der Waals surface area contributed by atoms with Gasteiger partial charge in [-0.05, 0) is 55.3 Å². The Labute approximate surface area is 182 Å². The summed E-state index contributed by atoms with van der Waals surface area (Å²) in [4.78, 5) is 21.9. The van der Waals surface area contributed by atoms with Crippen molar-refractivity contribution in [2.45, 2.75) is 37.9 Å². The minimum absolute atomic E-state index is 0.00702. The summed E-state index contributed by atoms with van der Waals surface area (Å²) >= 11 is 1.53. The number of carbonyl (C=O) groups excluding carboxylic acids is 1. The molecule has 2 aromatic carbocycles. The molecule has 0 saturated heterocycles. The van der Waals surface area contributed by atoms with Crippen molar-refractivity contribution < 1.29 is 9.53 Å². The number of nitrogens with zero attached hydrogens (tertiary/aromatic N) is 2. The predicted molar refractivity (Wildman–Crippen MR) is 121 cm³/mol. The van der Waals surface area contributed by atoms with Crippen molar-refractivity contribution in [3.05, 3.63) is 82.7 Å². The van der Waals surface area contributed by atoms with Crippen molar-refractivity contribution in [1.29, 1.82) is 0 Å². The quantitative estimate of drug-likeness (QED) is 0.423. The molecule has 1 unspecified atom stereocenters. The highest BCUT2D eigenvalue weighted by Gasteiger charge is 2.18. The van der Waals surface area contributed by atoms with Crippen LogP contribution in [0.5, 0.6) is 5.75 Å². The smallest absolute Gasteiger partial charge is 0.221 e. The zero-order valence-corrected chi connectivity index (χ0v) is 18.6. The van der Waals surface area contributed by atoms with Crippen molar-refractivity contribution in [3.63, 3.8) is 0 Å². The van der Waals surface area contributed by atoms with Crippen molar-refractivity contribution in [2.75, 3.05) is 13.4 Å². The Morgan fingerprint density at radius 1 is 1.00 bits per heavy atom. The summed E-state index contributed by atoms with van der Waals surface area (Å²) < 4.78 is 5.26. The Hall–Kier alpha value is -2.86. The van der Waals surface area contributed by atoms with Gasteiger partial charge in [0.25, 0.3) is 0 Å². The molecule has 3 aromatic rings. The molecule has 0 saturated carbocycles. The van der Waals surface area contributed by atoms with Crippen LogP contribution in [0.25, 0.3) is 0 Å². The molecule has 0 bridgehead atoms. The van der Waals surface area contributed by atoms with E-state index in [1.807, 2.05) is 74.7 Å². The normalized spacial score (nSPS) is 11.7. The van der Waals surface area contributed by atoms with Crippen LogP contribution in [0.4, 0.5) is 0 Å². The van der Waals surface area contributed by atoms with Crippen LogP contribution in [-0.4, -0.2) is 29.2 Å². The minimum Gasteiger partial charge on any atom is -0.497 e. The fraction of sp³-hybridized carbons (Fsp3) is 0.292. The first-order valence-electron chi connectivity index (χ1n) is 9.88. The number of hydrogen-bond donors (Lipinski definition) is 1. The fourth-order valence-electron chi connectivity index (χ4n) is 3.43. The molecule has 1 aromatic heterocycles. The van der Waals surface area contributed by atoms with E-state index in [0.29, 0.717) is 12.8 Å². The molecule has 1 amide bonds. The summed E-state index contributed by atoms with van der Waals surface area (Å²) in [7, 11) is 1.64. The van der Waals surface area contributed by atoms with Crippen molar-refractivity contribution in [2.24, 2.45) is 0 Å². The van der Waals surface area contributed by atoms with Gasteiger partial charge in [-0.1, -0.05) is 54.2 Å². The molecule has 0 spiro atoms. The van der Waals surface area contributed by atoms with Crippen LogP contribution < -0.4 is 10.1 Å². The van der Waals surface area contributed by atoms with Gasteiger partial charge in [0.15, 0.2) is 5.16 Å². The third-order valence-corrected chi connectivity index (χ3v) is 5.62. The zero-order valence-electron chi connectivity index (χ0n) is 17.8. The Morgan fingerprint density at radius 2 is 1.60 bits per heavy atom. The molecule has 0 radical (unpaired) electrons. The van der Waals surface area contributed by atoms with Gasteiger partial charge in [0.05, 0.1) is 13.2 Å². The van der Waals surface area contributed by atoms with Crippen LogP contribution >= 0.6 is 11.8 Å². The Bertz CT molecular complexity index is 968. The molecule has 3 rings (SSSR count). The topological polar surface area (TPSA) is 64.1 Å². The SMILES string of the molecule is COc1ccc(C(NC(=O)CCc2c(C)nc(SC)nc2C)c2ccccc2)cc1. The lowest BCUT2D eigenvalue weighted by atomic mass is 9.98. The second-order valence-electron chi connectivity index (χ2n) is 7.04. The maximum Gasteiger partial charge on any atom is 0.221 e. The molecule has 6 heteroatoms. The van der Waals surface area contributed by atoms with E-state index in [2.05, 4.69) is 15.3 Å². The summed E-state index contributed by atoms with van der Waals surface area (Å²) in [5, 5.41) is 3.96. The highest BCUT2D eigenvalue weighted by molar-refractivity contribution is 7.98. The number of nitrogens with one attached hydrogen (secondary N) is 1. The zero-order chi connectivity index (χ0) is 21.5. The van der Waals surface area contributed by atoms with Crippen LogP contribution in [0.2, 0.25) is 0 Å². The molecule has 30 heavy (non-hydrogen) atoms. The van der Waals surface area contributed by atoms with Gasteiger partial charge in [-0.2, -0.15) is 0 Å². The number of aryl methyl sites for hydroxylation is 2. The van der Waals surface area contributed by atoms with Gasteiger partial charge < -0.3 is 10.1 Å². The van der Waals surface area contributed by atoms with E-state index in [1.165, 1.54) is 11.8 Å². The Morgan fingerprint density at radius 3 is 2.17 bits per heavy atom. The molecule has 0 fully saturated rings. The Balaban J connectivity index is 1.75. The van der Waals surface area contributed by atoms with E-state index in [4.69, 9.17) is 4.74 Å². The van der Waals surface area contributed by atoms with Gasteiger partial charge in [-0.25, -0.2) is 9.97 Å². The van der Waals surface area contributed by atoms with Gasteiger partial charge in [0.2, 0.25) is 5.91 Å². The van der Waals surface area contributed by atoms with Gasteiger partial charge >= 0.3 is 0 Å². The molecule has 1 heterocycles. The van der Waals surface area contributed by atoms with Crippen molar-refractivity contribution >= 4 is 17.7 Å². The molecular weight excluding hydrogens is 394 g/mol. The van der Waals surface area contributed by atoms with Crippen LogP contribution in [0.15, 0.2) is 59.8 Å². The standard InChI is InChI=1S/C24H27N3O2S/c1-16-21(17(2)26-24(25-16)30-4)14-15-22(28)27-23(18-8-6-5-7-9-18)19-10-12-20(29-3)13-11-19/h5-13,23H,14-15H2,1-4H3,(H,27,28). The summed E-state index contributed by atoms with van der Waals surface area (Å²) in [6.07, 6.45) is 2.95. The van der Waals surface area contributed by atoms with E-state index in [0.717, 1.165) is 39.0 Å². The first-order valence-corrected chi connectivity index (χ1v) is 11.1. The number of methoxy groups -OCH3 is 1. The van der Waals surface area contributed by atoms with Gasteiger partial charge in [-0.3, -0.25) is 4.79 Å². The van der Waals surface area contributed by atoms with Gasteiger partial charge in [0.1, 0.15) is 5.75 Å². The Kier molecular flexibility index (Phi) is 7.46. The van der Waals surface area contributed by atoms with Gasteiger partial charge in [-0.15, -0.1) is 0 Å². The molecule has 0 aliphatic heterocycles. The van der Waals surface area contributed by atoms with Crippen LogP contribution in [0.1, 0.15) is 40.5 Å². The number of aromatic nitrogens is 2. The number of amides is 1. The average molecular weight is 422 g/mol. The summed E-state index contributed by atoms with van der Waals surface area (Å²) in [5.41, 5.74) is 4.97. The van der Waals surface area contributed by atoms with Crippen LogP contribution in [-0.2, 0) is 11.2 Å². The summed E-state index contributed by atoms with van der Waals surface area (Å²) in [6, 6.07) is 17.6. The van der Waals surface area contributed by atoms with E-state index in [-0.39, 0.29) is 11.9 Å². The van der Waals surface area contributed by atoms with E-state index < -0.39 is 0 Å². The van der Waals surface area contributed by atoms with E-state index >= 15 is 0 Å². The monoisotopic (exact) mass is 421 g/mol.